The van der Waals surface area contributed by atoms with Gasteiger partial charge in [0.2, 0.25) is 0 Å². The molecule has 1 unspecified atom stereocenters. The van der Waals surface area contributed by atoms with Gasteiger partial charge in [-0.05, 0) is 0 Å². The van der Waals surface area contributed by atoms with Crippen LogP contribution < -0.4 is 13.6 Å². The Labute approximate surface area is 292 Å². The zero-order valence-corrected chi connectivity index (χ0v) is 34.8. The van der Waals surface area contributed by atoms with Crippen LogP contribution in [0.5, 0.6) is 0 Å². The molecule has 0 amide bonds. The molecule has 0 fully saturated rings. The van der Waals surface area contributed by atoms with Crippen molar-refractivity contribution in [1.82, 2.24) is 0 Å². The molecule has 0 nitrogen and oxygen atoms in total. The molecule has 1 heterocycles. The van der Waals surface area contributed by atoms with Gasteiger partial charge in [0.15, 0.2) is 0 Å². The first-order chi connectivity index (χ1) is 21.5. The van der Waals surface area contributed by atoms with Crippen molar-refractivity contribution >= 4 is 46.3 Å². The minimum atomic E-state index is -4.07. The van der Waals surface area contributed by atoms with Crippen LogP contribution in [-0.4, -0.2) is 9.52 Å². The SMILES string of the molecule is CC(C)CC1=Cc2c(ccc(C(C)C)c2-c2cc(C(C)(C)C)cc(C(C)(C)C)c2)[CH]1[Zr]([Cl])([Cl])[c]1cccc2c1[SiH2]c1ccccc1-2. The molecule has 1 aliphatic carbocycles. The van der Waals surface area contributed by atoms with Gasteiger partial charge in [-0.2, -0.15) is 0 Å². The third-order valence-corrected chi connectivity index (χ3v) is 24.5. The van der Waals surface area contributed by atoms with E-state index in [-0.39, 0.29) is 14.5 Å². The molecule has 0 radical (unpaired) electrons. The summed E-state index contributed by atoms with van der Waals surface area (Å²) in [7, 11) is 15.4. The Hall–Kier alpha value is -1.70. The van der Waals surface area contributed by atoms with Gasteiger partial charge in [-0.15, -0.1) is 0 Å². The third-order valence-electron chi connectivity index (χ3n) is 10.1. The fraction of sp³-hybridized carbons (Fsp3) is 0.381. The normalized spacial score (nSPS) is 16.7. The van der Waals surface area contributed by atoms with Crippen molar-refractivity contribution in [2.24, 2.45) is 5.92 Å². The Morgan fingerprint density at radius 1 is 0.761 bits per heavy atom. The monoisotopic (exact) mass is 742 g/mol. The summed E-state index contributed by atoms with van der Waals surface area (Å²) in [6, 6.07) is 27.9. The molecule has 0 saturated heterocycles. The Bertz CT molecular complexity index is 1820. The number of allylic oxidation sites excluding steroid dienone is 1. The molecule has 0 saturated carbocycles. The molecular formula is C42H50Cl2SiZr. The molecule has 4 aromatic carbocycles. The van der Waals surface area contributed by atoms with Gasteiger partial charge >= 0.3 is 295 Å². The van der Waals surface area contributed by atoms with Crippen LogP contribution in [0.15, 0.2) is 78.4 Å². The van der Waals surface area contributed by atoms with E-state index in [1.165, 1.54) is 69.3 Å². The van der Waals surface area contributed by atoms with Crippen LogP contribution in [0.2, 0.25) is 0 Å². The van der Waals surface area contributed by atoms with Crippen LogP contribution in [0.25, 0.3) is 28.3 Å². The molecule has 1 atom stereocenters. The average molecular weight is 745 g/mol. The van der Waals surface area contributed by atoms with E-state index in [0.29, 0.717) is 11.8 Å². The van der Waals surface area contributed by atoms with Gasteiger partial charge in [0, 0.05) is 0 Å². The molecule has 46 heavy (non-hydrogen) atoms. The third kappa shape index (κ3) is 6.15. The molecule has 4 aromatic rings. The maximum absolute atomic E-state index is 8.03. The summed E-state index contributed by atoms with van der Waals surface area (Å²) in [5.74, 6) is 0.906. The zero-order valence-electron chi connectivity index (χ0n) is 29.4. The van der Waals surface area contributed by atoms with E-state index in [1.54, 1.807) is 0 Å². The van der Waals surface area contributed by atoms with Crippen LogP contribution in [0, 0.1) is 5.92 Å². The number of hydrogen-bond acceptors (Lipinski definition) is 0. The first kappa shape index (κ1) is 34.2. The van der Waals surface area contributed by atoms with Crippen molar-refractivity contribution in [1.29, 1.82) is 0 Å². The Morgan fingerprint density at radius 2 is 1.39 bits per heavy atom. The molecule has 0 N–H and O–H groups in total. The minimum absolute atomic E-state index is 0.0418. The van der Waals surface area contributed by atoms with Crippen LogP contribution in [0.4, 0.5) is 0 Å². The van der Waals surface area contributed by atoms with Gasteiger partial charge in [0.1, 0.15) is 0 Å². The van der Waals surface area contributed by atoms with Crippen molar-refractivity contribution in [2.45, 2.75) is 96.0 Å². The van der Waals surface area contributed by atoms with Crippen LogP contribution in [0.3, 0.4) is 0 Å². The van der Waals surface area contributed by atoms with Crippen LogP contribution in [0.1, 0.15) is 113 Å². The topological polar surface area (TPSA) is 0 Å². The molecular weight excluding hydrogens is 695 g/mol. The second-order valence-electron chi connectivity index (χ2n) is 16.5. The quantitative estimate of drug-likeness (QED) is 0.152. The number of fused-ring (bicyclic) bond motifs is 4. The summed E-state index contributed by atoms with van der Waals surface area (Å²) in [5, 5.41) is 3.01. The van der Waals surface area contributed by atoms with Gasteiger partial charge in [-0.3, -0.25) is 0 Å². The summed E-state index contributed by atoms with van der Waals surface area (Å²) < 4.78 is 1.40. The molecule has 0 bridgehead atoms. The van der Waals surface area contributed by atoms with E-state index >= 15 is 0 Å². The molecule has 2 aliphatic rings. The van der Waals surface area contributed by atoms with Crippen LogP contribution >= 0.6 is 17.0 Å². The van der Waals surface area contributed by atoms with Gasteiger partial charge in [-0.25, -0.2) is 0 Å². The second-order valence-corrected chi connectivity index (χ2v) is 32.4. The molecule has 0 aromatic heterocycles. The second kappa shape index (κ2) is 12.3. The van der Waals surface area contributed by atoms with E-state index in [2.05, 4.69) is 148 Å². The zero-order chi connectivity index (χ0) is 33.3. The van der Waals surface area contributed by atoms with E-state index in [1.807, 2.05) is 0 Å². The predicted molar refractivity (Wildman–Crippen MR) is 205 cm³/mol. The Kier molecular flexibility index (Phi) is 9.15. The fourth-order valence-corrected chi connectivity index (χ4v) is 24.5. The summed E-state index contributed by atoms with van der Waals surface area (Å²) >= 11 is -4.07. The van der Waals surface area contributed by atoms with Crippen molar-refractivity contribution in [3.05, 3.63) is 106 Å². The summed E-state index contributed by atoms with van der Waals surface area (Å²) in [6.45, 7) is 23.3. The molecule has 4 heteroatoms. The van der Waals surface area contributed by atoms with E-state index in [9.17, 15) is 0 Å². The van der Waals surface area contributed by atoms with E-state index in [0.717, 1.165) is 6.42 Å². The Morgan fingerprint density at radius 3 is 2.00 bits per heavy atom. The number of rotatable bonds is 6. The van der Waals surface area contributed by atoms with Crippen LogP contribution in [-0.2, 0) is 28.7 Å². The predicted octanol–water partition coefficient (Wildman–Crippen LogP) is 10.4. The molecule has 0 spiro atoms. The number of benzene rings is 4. The summed E-state index contributed by atoms with van der Waals surface area (Å²) in [5.41, 5.74) is 13.9. The number of hydrogen-bond donors (Lipinski definition) is 0. The van der Waals surface area contributed by atoms with E-state index in [4.69, 9.17) is 17.0 Å². The van der Waals surface area contributed by atoms with E-state index < -0.39 is 27.4 Å². The standard InChI is InChI=1S/C30H41.C12H9Si.2ClH.Zr/c1-19(2)13-21-14-22-11-12-26(20(3)4)28(27(22)15-21)23-16-24(29(5,6)7)18-25(17-23)30(8,9)10;1-3-7-11-9(5-1)10-6-2-4-8-12(10)13-11;;;/h11-12,14-20H,13H2,1-10H3;1-7H,13H2;2*1H;/q;;;;+2/p-2. The molecule has 240 valence electrons. The summed E-state index contributed by atoms with van der Waals surface area (Å²) in [6.07, 6.45) is 3.53. The van der Waals surface area contributed by atoms with Crippen molar-refractivity contribution in [3.8, 4) is 22.3 Å². The number of halogens is 2. The Balaban J connectivity index is 1.60. The van der Waals surface area contributed by atoms with Crippen molar-refractivity contribution < 1.29 is 17.9 Å². The van der Waals surface area contributed by atoms with Crippen molar-refractivity contribution in [3.63, 3.8) is 0 Å². The van der Waals surface area contributed by atoms with Gasteiger partial charge in [-0.1, -0.05) is 0 Å². The molecule has 6 rings (SSSR count). The van der Waals surface area contributed by atoms with Gasteiger partial charge in [0.25, 0.3) is 0 Å². The van der Waals surface area contributed by atoms with Gasteiger partial charge < -0.3 is 0 Å². The summed E-state index contributed by atoms with van der Waals surface area (Å²) in [4.78, 5) is 0. The molecule has 1 aliphatic heterocycles. The van der Waals surface area contributed by atoms with Crippen molar-refractivity contribution in [2.75, 3.05) is 0 Å². The fourth-order valence-electron chi connectivity index (χ4n) is 7.67. The first-order valence-electron chi connectivity index (χ1n) is 17.1. The first-order valence-corrected chi connectivity index (χ1v) is 27.5. The van der Waals surface area contributed by atoms with Gasteiger partial charge in [0.05, 0.1) is 0 Å². The maximum atomic E-state index is 8.03. The average Bonchev–Trinajstić information content (AvgIpc) is 3.53.